The van der Waals surface area contributed by atoms with E-state index in [1.807, 2.05) is 6.92 Å². The number of hydrogen-bond acceptors (Lipinski definition) is 3. The molecule has 23 heavy (non-hydrogen) atoms. The molecule has 7 heteroatoms. The zero-order valence-corrected chi connectivity index (χ0v) is 13.0. The molecule has 2 amide bonds. The third-order valence-electron chi connectivity index (χ3n) is 3.47. The maximum absolute atomic E-state index is 12.9. The minimum Gasteiger partial charge on any atom is -0.396 e. The summed E-state index contributed by atoms with van der Waals surface area (Å²) in [5.41, 5.74) is 1.44. The van der Waals surface area contributed by atoms with Crippen LogP contribution in [0.1, 0.15) is 25.5 Å². The second kappa shape index (κ2) is 8.28. The summed E-state index contributed by atoms with van der Waals surface area (Å²) in [5.74, 6) is -0.298. The first-order chi connectivity index (χ1) is 11.1. The van der Waals surface area contributed by atoms with Crippen LogP contribution in [0.15, 0.2) is 36.5 Å². The van der Waals surface area contributed by atoms with Crippen molar-refractivity contribution < 1.29 is 14.3 Å². The highest BCUT2D eigenvalue weighted by atomic mass is 19.1. The van der Waals surface area contributed by atoms with E-state index < -0.39 is 0 Å². The van der Waals surface area contributed by atoms with Crippen molar-refractivity contribution in [3.05, 3.63) is 48.0 Å². The van der Waals surface area contributed by atoms with Gasteiger partial charge in [-0.3, -0.25) is 0 Å². The van der Waals surface area contributed by atoms with Crippen LogP contribution in [-0.4, -0.2) is 33.6 Å². The molecule has 1 aromatic carbocycles. The van der Waals surface area contributed by atoms with Crippen molar-refractivity contribution in [1.82, 2.24) is 20.4 Å². The van der Waals surface area contributed by atoms with Gasteiger partial charge in [0.1, 0.15) is 5.82 Å². The lowest BCUT2D eigenvalue weighted by Crippen LogP contribution is -2.42. The van der Waals surface area contributed by atoms with E-state index in [9.17, 15) is 9.18 Å². The molecule has 1 aromatic heterocycles. The van der Waals surface area contributed by atoms with Crippen LogP contribution < -0.4 is 10.6 Å². The van der Waals surface area contributed by atoms with Gasteiger partial charge in [0.25, 0.3) is 0 Å². The quantitative estimate of drug-likeness (QED) is 0.730. The lowest BCUT2D eigenvalue weighted by atomic mass is 10.2. The predicted molar refractivity (Wildman–Crippen MR) is 84.7 cm³/mol. The first kappa shape index (κ1) is 17.0. The van der Waals surface area contributed by atoms with E-state index in [2.05, 4.69) is 15.7 Å². The van der Waals surface area contributed by atoms with Crippen LogP contribution >= 0.6 is 0 Å². The normalized spacial score (nSPS) is 12.0. The van der Waals surface area contributed by atoms with Crippen molar-refractivity contribution in [1.29, 1.82) is 0 Å². The Morgan fingerprint density at radius 3 is 2.74 bits per heavy atom. The minimum atomic E-state index is -0.298. The first-order valence-corrected chi connectivity index (χ1v) is 7.58. The van der Waals surface area contributed by atoms with Gasteiger partial charge in [-0.1, -0.05) is 6.92 Å². The van der Waals surface area contributed by atoms with Gasteiger partial charge in [0.05, 0.1) is 17.9 Å². The number of nitrogens with one attached hydrogen (secondary N) is 2. The van der Waals surface area contributed by atoms with E-state index in [1.54, 1.807) is 29.1 Å². The Morgan fingerprint density at radius 2 is 2.09 bits per heavy atom. The molecular formula is C16H21FN4O2. The molecule has 0 aliphatic rings. The predicted octanol–water partition coefficient (Wildman–Crippen LogP) is 1.97. The number of aliphatic hydroxyl groups is 1. The number of nitrogens with zero attached hydrogens (tertiary/aromatic N) is 2. The molecule has 1 atom stereocenters. The van der Waals surface area contributed by atoms with Gasteiger partial charge in [0.2, 0.25) is 0 Å². The van der Waals surface area contributed by atoms with Crippen LogP contribution in [0, 0.1) is 5.82 Å². The number of halogens is 1. The molecule has 124 valence electrons. The Bertz CT molecular complexity index is 627. The topological polar surface area (TPSA) is 79.2 Å². The number of urea groups is 1. The SMILES string of the molecule is CCC(CCO)NC(=O)NCc1ccn(-c2ccc(F)cc2)n1. The smallest absolute Gasteiger partial charge is 0.315 e. The van der Waals surface area contributed by atoms with Crippen molar-refractivity contribution in [2.24, 2.45) is 0 Å². The summed E-state index contributed by atoms with van der Waals surface area (Å²) in [6.07, 6.45) is 3.04. The molecule has 0 bridgehead atoms. The molecule has 2 aromatic rings. The van der Waals surface area contributed by atoms with E-state index in [4.69, 9.17) is 5.11 Å². The molecule has 1 unspecified atom stereocenters. The molecule has 0 aliphatic carbocycles. The zero-order valence-electron chi connectivity index (χ0n) is 13.0. The van der Waals surface area contributed by atoms with Crippen LogP contribution in [0.25, 0.3) is 5.69 Å². The van der Waals surface area contributed by atoms with Gasteiger partial charge in [-0.2, -0.15) is 5.10 Å². The third-order valence-corrected chi connectivity index (χ3v) is 3.47. The van der Waals surface area contributed by atoms with Crippen LogP contribution in [0.5, 0.6) is 0 Å². The summed E-state index contributed by atoms with van der Waals surface area (Å²) in [6, 6.07) is 7.45. The molecule has 0 fully saturated rings. The average Bonchev–Trinajstić information content (AvgIpc) is 3.02. The molecule has 3 N–H and O–H groups in total. The van der Waals surface area contributed by atoms with Crippen molar-refractivity contribution in [3.63, 3.8) is 0 Å². The fourth-order valence-corrected chi connectivity index (χ4v) is 2.14. The molecule has 0 saturated heterocycles. The number of aliphatic hydroxyl groups excluding tert-OH is 1. The van der Waals surface area contributed by atoms with E-state index in [0.29, 0.717) is 12.1 Å². The standard InChI is InChI=1S/C16H21FN4O2/c1-2-13(8-10-22)19-16(23)18-11-14-7-9-21(20-14)15-5-3-12(17)4-6-15/h3-7,9,13,22H,2,8,10-11H2,1H3,(H2,18,19,23). The summed E-state index contributed by atoms with van der Waals surface area (Å²) >= 11 is 0. The Morgan fingerprint density at radius 1 is 1.35 bits per heavy atom. The van der Waals surface area contributed by atoms with E-state index >= 15 is 0 Å². The molecule has 0 spiro atoms. The van der Waals surface area contributed by atoms with Gasteiger partial charge in [-0.15, -0.1) is 0 Å². The van der Waals surface area contributed by atoms with E-state index in [1.165, 1.54) is 12.1 Å². The first-order valence-electron chi connectivity index (χ1n) is 7.58. The largest absolute Gasteiger partial charge is 0.396 e. The zero-order chi connectivity index (χ0) is 16.7. The van der Waals surface area contributed by atoms with Crippen LogP contribution in [0.3, 0.4) is 0 Å². The summed E-state index contributed by atoms with van der Waals surface area (Å²) in [7, 11) is 0. The maximum atomic E-state index is 12.9. The maximum Gasteiger partial charge on any atom is 0.315 e. The Kier molecular flexibility index (Phi) is 6.10. The highest BCUT2D eigenvalue weighted by molar-refractivity contribution is 5.74. The van der Waals surface area contributed by atoms with E-state index in [-0.39, 0.29) is 31.0 Å². The van der Waals surface area contributed by atoms with Gasteiger partial charge in [0, 0.05) is 18.8 Å². The number of rotatable bonds is 7. The van der Waals surface area contributed by atoms with Gasteiger partial charge < -0.3 is 15.7 Å². The lowest BCUT2D eigenvalue weighted by Gasteiger charge is -2.15. The minimum absolute atomic E-state index is 0.0425. The fraction of sp³-hybridized carbons (Fsp3) is 0.375. The Labute approximate surface area is 134 Å². The number of carbonyl (C=O) groups is 1. The van der Waals surface area contributed by atoms with Gasteiger partial charge >= 0.3 is 6.03 Å². The second-order valence-corrected chi connectivity index (χ2v) is 5.17. The van der Waals surface area contributed by atoms with Crippen molar-refractivity contribution >= 4 is 6.03 Å². The summed E-state index contributed by atoms with van der Waals surface area (Å²) in [5, 5.41) is 18.8. The monoisotopic (exact) mass is 320 g/mol. The van der Waals surface area contributed by atoms with Crippen LogP contribution in [-0.2, 0) is 6.54 Å². The van der Waals surface area contributed by atoms with Crippen molar-refractivity contribution in [3.8, 4) is 5.69 Å². The molecular weight excluding hydrogens is 299 g/mol. The summed E-state index contributed by atoms with van der Waals surface area (Å²) in [4.78, 5) is 11.8. The molecule has 2 rings (SSSR count). The lowest BCUT2D eigenvalue weighted by molar-refractivity contribution is 0.227. The van der Waals surface area contributed by atoms with Gasteiger partial charge in [0.15, 0.2) is 0 Å². The number of hydrogen-bond donors (Lipinski definition) is 3. The van der Waals surface area contributed by atoms with Crippen molar-refractivity contribution in [2.45, 2.75) is 32.4 Å². The molecule has 1 heterocycles. The second-order valence-electron chi connectivity index (χ2n) is 5.17. The highest BCUT2D eigenvalue weighted by Gasteiger charge is 2.10. The molecule has 6 nitrogen and oxygen atoms in total. The molecule has 0 aliphatic heterocycles. The average molecular weight is 320 g/mol. The van der Waals surface area contributed by atoms with Crippen molar-refractivity contribution in [2.75, 3.05) is 6.61 Å². The number of aromatic nitrogens is 2. The van der Waals surface area contributed by atoms with Crippen LogP contribution in [0.4, 0.5) is 9.18 Å². The van der Waals surface area contributed by atoms with Gasteiger partial charge in [-0.25, -0.2) is 13.9 Å². The highest BCUT2D eigenvalue weighted by Crippen LogP contribution is 2.08. The van der Waals surface area contributed by atoms with E-state index in [0.717, 1.165) is 12.1 Å². The molecule has 0 saturated carbocycles. The Balaban J connectivity index is 1.87. The number of amides is 2. The summed E-state index contributed by atoms with van der Waals surface area (Å²) < 4.78 is 14.5. The molecule has 0 radical (unpaired) electrons. The fourth-order valence-electron chi connectivity index (χ4n) is 2.14. The Hall–Kier alpha value is -2.41. The van der Waals surface area contributed by atoms with Gasteiger partial charge in [-0.05, 0) is 43.2 Å². The third kappa shape index (κ3) is 5.07. The number of benzene rings is 1. The summed E-state index contributed by atoms with van der Waals surface area (Å²) in [6.45, 7) is 2.28. The van der Waals surface area contributed by atoms with Crippen LogP contribution in [0.2, 0.25) is 0 Å². The number of carbonyl (C=O) groups excluding carboxylic acids is 1.